The SMILES string of the molecule is Cn1cc(CNc2ccc(CN3CCOCC3)cc2)nn1. The first kappa shape index (κ1) is 14.0. The second-order valence-electron chi connectivity index (χ2n) is 5.32. The van der Waals surface area contributed by atoms with Crippen molar-refractivity contribution in [1.29, 1.82) is 0 Å². The van der Waals surface area contributed by atoms with Crippen molar-refractivity contribution in [3.8, 4) is 0 Å². The molecule has 0 aliphatic carbocycles. The lowest BCUT2D eigenvalue weighted by Gasteiger charge is -2.26. The van der Waals surface area contributed by atoms with Crippen LogP contribution >= 0.6 is 0 Å². The van der Waals surface area contributed by atoms with Gasteiger partial charge in [-0.15, -0.1) is 5.10 Å². The lowest BCUT2D eigenvalue weighted by Crippen LogP contribution is -2.35. The smallest absolute Gasteiger partial charge is 0.102 e. The summed E-state index contributed by atoms with van der Waals surface area (Å²) in [7, 11) is 1.87. The third-order valence-electron chi connectivity index (χ3n) is 3.59. The Hall–Kier alpha value is -1.92. The fourth-order valence-corrected chi connectivity index (χ4v) is 2.41. The van der Waals surface area contributed by atoms with Crippen molar-refractivity contribution < 1.29 is 4.74 Å². The lowest BCUT2D eigenvalue weighted by molar-refractivity contribution is 0.0342. The van der Waals surface area contributed by atoms with Crippen LogP contribution in [0, 0.1) is 0 Å². The molecule has 1 aromatic heterocycles. The standard InChI is InChI=1S/C15H21N5O/c1-19-12-15(17-18-19)10-16-14-4-2-13(3-5-14)11-20-6-8-21-9-7-20/h2-5,12,16H,6-11H2,1H3. The molecule has 1 aromatic carbocycles. The van der Waals surface area contributed by atoms with Gasteiger partial charge in [-0.1, -0.05) is 17.3 Å². The summed E-state index contributed by atoms with van der Waals surface area (Å²) in [5.74, 6) is 0. The maximum Gasteiger partial charge on any atom is 0.102 e. The number of aromatic nitrogens is 3. The normalized spacial score (nSPS) is 16.0. The number of rotatable bonds is 5. The Morgan fingerprint density at radius 3 is 2.62 bits per heavy atom. The molecule has 6 nitrogen and oxygen atoms in total. The molecule has 0 radical (unpaired) electrons. The summed E-state index contributed by atoms with van der Waals surface area (Å²) < 4.78 is 7.08. The van der Waals surface area contributed by atoms with E-state index in [2.05, 4.69) is 44.8 Å². The van der Waals surface area contributed by atoms with Crippen LogP contribution in [-0.2, 0) is 24.9 Å². The highest BCUT2D eigenvalue weighted by Gasteiger charge is 2.10. The number of aryl methyl sites for hydroxylation is 1. The molecule has 1 aliphatic heterocycles. The molecular formula is C15H21N5O. The molecule has 6 heteroatoms. The Balaban J connectivity index is 1.51. The van der Waals surface area contributed by atoms with Crippen LogP contribution in [0.25, 0.3) is 0 Å². The predicted molar refractivity (Wildman–Crippen MR) is 80.9 cm³/mol. The molecule has 0 bridgehead atoms. The van der Waals surface area contributed by atoms with Crippen LogP contribution in [0.15, 0.2) is 30.5 Å². The number of nitrogens with zero attached hydrogens (tertiary/aromatic N) is 4. The fourth-order valence-electron chi connectivity index (χ4n) is 2.41. The van der Waals surface area contributed by atoms with Gasteiger partial charge in [-0.25, -0.2) is 0 Å². The quantitative estimate of drug-likeness (QED) is 0.897. The van der Waals surface area contributed by atoms with Crippen LogP contribution in [0.5, 0.6) is 0 Å². The summed E-state index contributed by atoms with van der Waals surface area (Å²) in [5.41, 5.74) is 3.38. The molecule has 1 N–H and O–H groups in total. The predicted octanol–water partition coefficient (Wildman–Crippen LogP) is 1.26. The van der Waals surface area contributed by atoms with Gasteiger partial charge in [0.2, 0.25) is 0 Å². The highest BCUT2D eigenvalue weighted by atomic mass is 16.5. The number of nitrogens with one attached hydrogen (secondary N) is 1. The van der Waals surface area contributed by atoms with Crippen LogP contribution in [0.1, 0.15) is 11.3 Å². The van der Waals surface area contributed by atoms with Crippen LogP contribution < -0.4 is 5.32 Å². The van der Waals surface area contributed by atoms with Gasteiger partial charge >= 0.3 is 0 Å². The van der Waals surface area contributed by atoms with E-state index in [0.717, 1.165) is 44.2 Å². The number of benzene rings is 1. The van der Waals surface area contributed by atoms with Gasteiger partial charge in [0, 0.05) is 38.6 Å². The molecule has 2 heterocycles. The number of hydrogen-bond donors (Lipinski definition) is 1. The molecular weight excluding hydrogens is 266 g/mol. The highest BCUT2D eigenvalue weighted by Crippen LogP contribution is 2.13. The van der Waals surface area contributed by atoms with Crippen LogP contribution in [0.3, 0.4) is 0 Å². The number of ether oxygens (including phenoxy) is 1. The van der Waals surface area contributed by atoms with Crippen molar-refractivity contribution in [3.05, 3.63) is 41.7 Å². The molecule has 21 heavy (non-hydrogen) atoms. The largest absolute Gasteiger partial charge is 0.379 e. The van der Waals surface area contributed by atoms with Gasteiger partial charge in [-0.3, -0.25) is 9.58 Å². The van der Waals surface area contributed by atoms with Crippen molar-refractivity contribution >= 4 is 5.69 Å². The molecule has 0 unspecified atom stereocenters. The topological polar surface area (TPSA) is 55.2 Å². The molecule has 0 atom stereocenters. The zero-order chi connectivity index (χ0) is 14.5. The van der Waals surface area contributed by atoms with E-state index in [1.807, 2.05) is 13.2 Å². The molecule has 1 saturated heterocycles. The minimum atomic E-state index is 0.691. The zero-order valence-corrected chi connectivity index (χ0v) is 12.3. The molecule has 3 rings (SSSR count). The van der Waals surface area contributed by atoms with Crippen molar-refractivity contribution in [1.82, 2.24) is 19.9 Å². The zero-order valence-electron chi connectivity index (χ0n) is 12.3. The Labute approximate surface area is 124 Å². The summed E-state index contributed by atoms with van der Waals surface area (Å²) in [5, 5.41) is 11.3. The monoisotopic (exact) mass is 287 g/mol. The summed E-state index contributed by atoms with van der Waals surface area (Å²) in [4.78, 5) is 2.42. The molecule has 0 saturated carbocycles. The van der Waals surface area contributed by atoms with Crippen molar-refractivity contribution in [2.24, 2.45) is 7.05 Å². The maximum absolute atomic E-state index is 5.37. The Bertz CT molecular complexity index is 560. The lowest BCUT2D eigenvalue weighted by atomic mass is 10.2. The third kappa shape index (κ3) is 4.03. The first-order chi connectivity index (χ1) is 10.3. The van der Waals surface area contributed by atoms with Crippen molar-refractivity contribution in [2.75, 3.05) is 31.6 Å². The highest BCUT2D eigenvalue weighted by molar-refractivity contribution is 5.44. The minimum Gasteiger partial charge on any atom is -0.379 e. The van der Waals surface area contributed by atoms with Crippen LogP contribution in [0.4, 0.5) is 5.69 Å². The van der Waals surface area contributed by atoms with Gasteiger partial charge in [-0.05, 0) is 17.7 Å². The summed E-state index contributed by atoms with van der Waals surface area (Å²) in [6, 6.07) is 8.58. The first-order valence-electron chi connectivity index (χ1n) is 7.28. The second-order valence-corrected chi connectivity index (χ2v) is 5.32. The van der Waals surface area contributed by atoms with E-state index in [4.69, 9.17) is 4.74 Å². The summed E-state index contributed by atoms with van der Waals surface area (Å²) in [6.45, 7) is 5.42. The average molecular weight is 287 g/mol. The Kier molecular flexibility index (Phi) is 4.47. The molecule has 1 aliphatic rings. The molecule has 1 fully saturated rings. The summed E-state index contributed by atoms with van der Waals surface area (Å²) >= 11 is 0. The summed E-state index contributed by atoms with van der Waals surface area (Å²) in [6.07, 6.45) is 1.92. The molecule has 0 amide bonds. The van der Waals surface area contributed by atoms with Gasteiger partial charge in [0.1, 0.15) is 5.69 Å². The van der Waals surface area contributed by atoms with E-state index in [1.165, 1.54) is 5.56 Å². The second kappa shape index (κ2) is 6.69. The van der Waals surface area contributed by atoms with Gasteiger partial charge in [0.25, 0.3) is 0 Å². The average Bonchev–Trinajstić information content (AvgIpc) is 2.93. The van der Waals surface area contributed by atoms with Gasteiger partial charge in [0.15, 0.2) is 0 Å². The fraction of sp³-hybridized carbons (Fsp3) is 0.467. The number of morpholine rings is 1. The van der Waals surface area contributed by atoms with E-state index < -0.39 is 0 Å². The van der Waals surface area contributed by atoms with Crippen molar-refractivity contribution in [2.45, 2.75) is 13.1 Å². The maximum atomic E-state index is 5.37. The molecule has 2 aromatic rings. The Morgan fingerprint density at radius 1 is 1.19 bits per heavy atom. The van der Waals surface area contributed by atoms with Crippen LogP contribution in [-0.4, -0.2) is 46.2 Å². The Morgan fingerprint density at radius 2 is 1.95 bits per heavy atom. The first-order valence-corrected chi connectivity index (χ1v) is 7.28. The third-order valence-corrected chi connectivity index (χ3v) is 3.59. The van der Waals surface area contributed by atoms with E-state index in [9.17, 15) is 0 Å². The van der Waals surface area contributed by atoms with E-state index in [1.54, 1.807) is 4.68 Å². The molecule has 112 valence electrons. The van der Waals surface area contributed by atoms with E-state index in [0.29, 0.717) is 6.54 Å². The number of hydrogen-bond acceptors (Lipinski definition) is 5. The van der Waals surface area contributed by atoms with E-state index in [-0.39, 0.29) is 0 Å². The van der Waals surface area contributed by atoms with Gasteiger partial charge in [0.05, 0.1) is 19.8 Å². The van der Waals surface area contributed by atoms with Crippen molar-refractivity contribution in [3.63, 3.8) is 0 Å². The number of anilines is 1. The van der Waals surface area contributed by atoms with Gasteiger partial charge in [-0.2, -0.15) is 0 Å². The van der Waals surface area contributed by atoms with Crippen LogP contribution in [0.2, 0.25) is 0 Å². The van der Waals surface area contributed by atoms with Gasteiger partial charge < -0.3 is 10.1 Å². The minimum absolute atomic E-state index is 0.691. The van der Waals surface area contributed by atoms with E-state index >= 15 is 0 Å². The molecule has 0 spiro atoms.